The standard InChI is InChI=1S/C33H23NS/c1-3-12-23(13-4-1)35(24-14-5-2-6-15-24)30-20-19-27-26-17-9-10-18-29(26)34-32(27)31(30)28-21-22-11-7-8-16-25(22)33(28)35/h1-20,34H,21H2. The second kappa shape index (κ2) is 7.00. The van der Waals surface area contributed by atoms with Crippen LogP contribution in [0.1, 0.15) is 16.7 Å². The maximum atomic E-state index is 3.84. The minimum absolute atomic E-state index is 0.988. The van der Waals surface area contributed by atoms with Crippen LogP contribution in [0, 0.1) is 0 Å². The maximum absolute atomic E-state index is 3.84. The molecule has 0 bridgehead atoms. The summed E-state index contributed by atoms with van der Waals surface area (Å²) >= 11 is 0. The topological polar surface area (TPSA) is 15.8 Å². The molecule has 2 heteroatoms. The predicted octanol–water partition coefficient (Wildman–Crippen LogP) is 9.04. The Morgan fingerprint density at radius 3 is 2.00 bits per heavy atom. The highest BCUT2D eigenvalue weighted by Gasteiger charge is 2.47. The molecule has 0 spiro atoms. The zero-order chi connectivity index (χ0) is 23.0. The molecule has 0 atom stereocenters. The van der Waals surface area contributed by atoms with Gasteiger partial charge in [-0.05, 0) is 59.5 Å². The number of allylic oxidation sites excluding steroid dienone is 1. The van der Waals surface area contributed by atoms with Crippen LogP contribution in [-0.4, -0.2) is 4.98 Å². The van der Waals surface area contributed by atoms with E-state index >= 15 is 0 Å². The molecule has 2 heterocycles. The van der Waals surface area contributed by atoms with Crippen molar-refractivity contribution in [2.75, 3.05) is 0 Å². The van der Waals surface area contributed by atoms with Gasteiger partial charge >= 0.3 is 0 Å². The lowest BCUT2D eigenvalue weighted by molar-refractivity contribution is 1.26. The Bertz CT molecular complexity index is 1770. The molecule has 0 amide bonds. The zero-order valence-electron chi connectivity index (χ0n) is 19.2. The zero-order valence-corrected chi connectivity index (χ0v) is 20.0. The minimum Gasteiger partial charge on any atom is -0.354 e. The van der Waals surface area contributed by atoms with Crippen molar-refractivity contribution in [3.05, 3.63) is 138 Å². The lowest BCUT2D eigenvalue weighted by Crippen LogP contribution is -2.04. The summed E-state index contributed by atoms with van der Waals surface area (Å²) in [5, 5.41) is 2.62. The molecule has 5 aromatic carbocycles. The monoisotopic (exact) mass is 465 g/mol. The Kier molecular flexibility index (Phi) is 3.86. The van der Waals surface area contributed by atoms with E-state index in [4.69, 9.17) is 0 Å². The molecule has 1 N–H and O–H groups in total. The highest BCUT2D eigenvalue weighted by Crippen LogP contribution is 2.83. The Morgan fingerprint density at radius 2 is 1.23 bits per heavy atom. The van der Waals surface area contributed by atoms with Crippen LogP contribution in [0.15, 0.2) is 136 Å². The van der Waals surface area contributed by atoms with E-state index in [1.807, 2.05) is 0 Å². The third-order valence-electron chi connectivity index (χ3n) is 7.68. The van der Waals surface area contributed by atoms with E-state index in [0.717, 1.165) is 6.42 Å². The van der Waals surface area contributed by atoms with Gasteiger partial charge in [0.15, 0.2) is 0 Å². The summed E-state index contributed by atoms with van der Waals surface area (Å²) in [6, 6.07) is 45.0. The molecule has 1 aliphatic heterocycles. The van der Waals surface area contributed by atoms with Gasteiger partial charge in [0.25, 0.3) is 0 Å². The van der Waals surface area contributed by atoms with Crippen molar-refractivity contribution in [1.29, 1.82) is 0 Å². The van der Waals surface area contributed by atoms with E-state index in [9.17, 15) is 0 Å². The first-order chi connectivity index (χ1) is 17.4. The van der Waals surface area contributed by atoms with Crippen molar-refractivity contribution in [3.63, 3.8) is 0 Å². The first-order valence-corrected chi connectivity index (χ1v) is 13.8. The molecule has 0 unspecified atom stereocenters. The van der Waals surface area contributed by atoms with Crippen molar-refractivity contribution < 1.29 is 0 Å². The number of H-pyrrole nitrogens is 1. The quantitative estimate of drug-likeness (QED) is 0.262. The molecule has 1 aliphatic carbocycles. The molecule has 0 saturated carbocycles. The van der Waals surface area contributed by atoms with Gasteiger partial charge in [0.05, 0.1) is 5.52 Å². The molecular weight excluding hydrogens is 442 g/mol. The second-order valence-corrected chi connectivity index (χ2v) is 12.4. The number of fused-ring (bicyclic) bond motifs is 8. The third-order valence-corrected chi connectivity index (χ3v) is 11.7. The SMILES string of the molecule is c1ccc(S2(c3ccccc3)C3=C(Cc4ccccc43)c3c2ccc2c3[nH]c3ccccc32)cc1. The van der Waals surface area contributed by atoms with Crippen LogP contribution >= 0.6 is 10.0 Å². The minimum atomic E-state index is -1.64. The summed E-state index contributed by atoms with van der Waals surface area (Å²) in [4.78, 5) is 9.65. The van der Waals surface area contributed by atoms with E-state index in [1.165, 1.54) is 63.7 Å². The Labute approximate surface area is 206 Å². The van der Waals surface area contributed by atoms with E-state index in [-0.39, 0.29) is 0 Å². The van der Waals surface area contributed by atoms with Gasteiger partial charge in [0, 0.05) is 41.4 Å². The largest absolute Gasteiger partial charge is 0.354 e. The van der Waals surface area contributed by atoms with E-state index in [0.29, 0.717) is 0 Å². The number of aromatic amines is 1. The molecule has 0 saturated heterocycles. The number of hydrogen-bond donors (Lipinski definition) is 1. The van der Waals surface area contributed by atoms with Crippen LogP contribution in [-0.2, 0) is 6.42 Å². The van der Waals surface area contributed by atoms with Crippen LogP contribution in [0.3, 0.4) is 0 Å². The van der Waals surface area contributed by atoms with E-state index < -0.39 is 10.0 Å². The van der Waals surface area contributed by atoms with Gasteiger partial charge in [-0.1, -0.05) is 84.9 Å². The summed E-state index contributed by atoms with van der Waals surface area (Å²) in [6.07, 6.45) is 0.988. The third kappa shape index (κ3) is 2.40. The summed E-state index contributed by atoms with van der Waals surface area (Å²) in [6.45, 7) is 0. The fourth-order valence-electron chi connectivity index (χ4n) is 6.32. The average molecular weight is 466 g/mol. The van der Waals surface area contributed by atoms with Crippen molar-refractivity contribution in [2.24, 2.45) is 0 Å². The van der Waals surface area contributed by atoms with Crippen LogP contribution in [0.2, 0.25) is 0 Å². The molecule has 166 valence electrons. The van der Waals surface area contributed by atoms with Gasteiger partial charge < -0.3 is 4.98 Å². The lowest BCUT2D eigenvalue weighted by Gasteiger charge is -2.41. The van der Waals surface area contributed by atoms with Crippen LogP contribution < -0.4 is 0 Å². The number of para-hydroxylation sites is 1. The summed E-state index contributed by atoms with van der Waals surface area (Å²) < 4.78 is 0. The molecule has 6 aromatic rings. The highest BCUT2D eigenvalue weighted by molar-refractivity contribution is 8.41. The fraction of sp³-hybridized carbons (Fsp3) is 0.0303. The Balaban J connectivity index is 1.59. The molecule has 2 aliphatic rings. The summed E-state index contributed by atoms with van der Waals surface area (Å²) in [5.41, 5.74) is 8.28. The fourth-order valence-corrected chi connectivity index (χ4v) is 10.8. The van der Waals surface area contributed by atoms with Crippen LogP contribution in [0.5, 0.6) is 0 Å². The predicted molar refractivity (Wildman–Crippen MR) is 148 cm³/mol. The normalized spacial score (nSPS) is 16.3. The van der Waals surface area contributed by atoms with Crippen LogP contribution in [0.25, 0.3) is 32.3 Å². The first-order valence-electron chi connectivity index (χ1n) is 12.2. The number of aromatic nitrogens is 1. The molecule has 1 nitrogen and oxygen atoms in total. The van der Waals surface area contributed by atoms with Gasteiger partial charge in [0.2, 0.25) is 0 Å². The van der Waals surface area contributed by atoms with Crippen molar-refractivity contribution in [3.8, 4) is 0 Å². The molecule has 1 aromatic heterocycles. The van der Waals surface area contributed by atoms with E-state index in [2.05, 4.69) is 126 Å². The average Bonchev–Trinajstić information content (AvgIpc) is 3.57. The highest BCUT2D eigenvalue weighted by atomic mass is 32.3. The van der Waals surface area contributed by atoms with Crippen LogP contribution in [0.4, 0.5) is 0 Å². The van der Waals surface area contributed by atoms with Gasteiger partial charge in [-0.15, -0.1) is 10.0 Å². The van der Waals surface area contributed by atoms with Gasteiger partial charge in [-0.25, -0.2) is 0 Å². The maximum Gasteiger partial charge on any atom is 0.0552 e. The van der Waals surface area contributed by atoms with Crippen molar-refractivity contribution in [2.45, 2.75) is 21.1 Å². The Morgan fingerprint density at radius 1 is 0.571 bits per heavy atom. The van der Waals surface area contributed by atoms with Gasteiger partial charge in [-0.3, -0.25) is 0 Å². The first kappa shape index (κ1) is 19.3. The number of hydrogen-bond acceptors (Lipinski definition) is 0. The van der Waals surface area contributed by atoms with E-state index in [1.54, 1.807) is 0 Å². The smallest absolute Gasteiger partial charge is 0.0552 e. The van der Waals surface area contributed by atoms with Gasteiger partial charge in [-0.2, -0.15) is 0 Å². The number of rotatable bonds is 2. The molecular formula is C33H23NS. The Hall–Kier alpha value is -4.01. The number of nitrogens with one attached hydrogen (secondary N) is 1. The van der Waals surface area contributed by atoms with Crippen molar-refractivity contribution in [1.82, 2.24) is 4.98 Å². The summed E-state index contributed by atoms with van der Waals surface area (Å²) in [7, 11) is -1.64. The molecule has 0 radical (unpaired) electrons. The molecule has 8 rings (SSSR count). The van der Waals surface area contributed by atoms with Gasteiger partial charge in [0.1, 0.15) is 0 Å². The summed E-state index contributed by atoms with van der Waals surface area (Å²) in [5.74, 6) is 0. The molecule has 35 heavy (non-hydrogen) atoms. The van der Waals surface area contributed by atoms with Crippen molar-refractivity contribution >= 4 is 42.3 Å². The lowest BCUT2D eigenvalue weighted by atomic mass is 10.0. The molecule has 0 fully saturated rings. The number of benzene rings is 5. The second-order valence-electron chi connectivity index (χ2n) is 9.41.